The van der Waals surface area contributed by atoms with Gasteiger partial charge in [0.1, 0.15) is 0 Å². The smallest absolute Gasteiger partial charge is 0.337 e. The van der Waals surface area contributed by atoms with Crippen molar-refractivity contribution >= 4 is 5.97 Å². The van der Waals surface area contributed by atoms with E-state index in [9.17, 15) is 9.90 Å². The monoisotopic (exact) mass is 230 g/mol. The molecule has 3 atom stereocenters. The number of rotatable bonds is 4. The average molecular weight is 230 g/mol. The van der Waals surface area contributed by atoms with Gasteiger partial charge in [-0.05, 0) is 6.42 Å². The molecule has 1 N–H and O–H groups in total. The first-order valence-electron chi connectivity index (χ1n) is 5.28. The van der Waals surface area contributed by atoms with Crippen molar-refractivity contribution < 1.29 is 24.1 Å². The summed E-state index contributed by atoms with van der Waals surface area (Å²) >= 11 is 0. The molecule has 0 radical (unpaired) electrons. The number of ether oxygens (including phenoxy) is 3. The normalized spacial score (nSPS) is 30.2. The Labute approximate surface area is 95.0 Å². The van der Waals surface area contributed by atoms with Gasteiger partial charge in [-0.2, -0.15) is 0 Å². The lowest BCUT2D eigenvalue weighted by atomic mass is 9.91. The summed E-state index contributed by atoms with van der Waals surface area (Å²) in [5.41, 5.74) is 0.411. The van der Waals surface area contributed by atoms with Crippen molar-refractivity contribution in [2.24, 2.45) is 5.92 Å². The zero-order chi connectivity index (χ0) is 12.1. The van der Waals surface area contributed by atoms with Gasteiger partial charge in [0.15, 0.2) is 6.29 Å². The molecule has 0 bridgehead atoms. The van der Waals surface area contributed by atoms with Crippen molar-refractivity contribution in [3.8, 4) is 0 Å². The molecule has 0 amide bonds. The van der Waals surface area contributed by atoms with E-state index in [2.05, 4.69) is 4.74 Å². The fourth-order valence-corrected chi connectivity index (χ4v) is 1.96. The molecule has 1 fully saturated rings. The fraction of sp³-hybridized carbons (Fsp3) is 0.727. The van der Waals surface area contributed by atoms with Gasteiger partial charge in [0.2, 0.25) is 0 Å². The van der Waals surface area contributed by atoms with Crippen LogP contribution in [0.25, 0.3) is 0 Å². The Balaban J connectivity index is 2.86. The van der Waals surface area contributed by atoms with Gasteiger partial charge in [0, 0.05) is 12.3 Å². The average Bonchev–Trinajstić information content (AvgIpc) is 2.66. The van der Waals surface area contributed by atoms with Crippen LogP contribution in [0.2, 0.25) is 0 Å². The van der Waals surface area contributed by atoms with E-state index in [0.717, 1.165) is 6.42 Å². The fourth-order valence-electron chi connectivity index (χ4n) is 1.96. The Hall–Kier alpha value is -1.07. The summed E-state index contributed by atoms with van der Waals surface area (Å²) < 4.78 is 14.8. The number of esters is 1. The molecule has 1 aliphatic heterocycles. The second kappa shape index (κ2) is 5.86. The van der Waals surface area contributed by atoms with Gasteiger partial charge in [0.05, 0.1) is 32.2 Å². The van der Waals surface area contributed by atoms with Crippen molar-refractivity contribution in [2.75, 3.05) is 14.2 Å². The lowest BCUT2D eigenvalue weighted by Crippen LogP contribution is -2.22. The van der Waals surface area contributed by atoms with Crippen molar-refractivity contribution in [3.63, 3.8) is 0 Å². The van der Waals surface area contributed by atoms with E-state index in [1.165, 1.54) is 20.5 Å². The number of aliphatic hydroxyl groups is 1. The molecule has 5 nitrogen and oxygen atoms in total. The maximum atomic E-state index is 11.5. The third-order valence-electron chi connectivity index (χ3n) is 2.70. The first-order chi connectivity index (χ1) is 7.63. The van der Waals surface area contributed by atoms with E-state index < -0.39 is 12.3 Å². The minimum atomic E-state index is -0.820. The molecule has 0 spiro atoms. The van der Waals surface area contributed by atoms with Crippen molar-refractivity contribution in [2.45, 2.75) is 32.2 Å². The molecule has 1 unspecified atom stereocenters. The second-order valence-corrected chi connectivity index (χ2v) is 3.68. The maximum absolute atomic E-state index is 11.5. The summed E-state index contributed by atoms with van der Waals surface area (Å²) in [6.45, 7) is 1.94. The Morgan fingerprint density at radius 3 is 2.75 bits per heavy atom. The predicted octanol–water partition coefficient (Wildman–Crippen LogP) is 0.823. The van der Waals surface area contributed by atoms with Crippen LogP contribution in [0, 0.1) is 5.92 Å². The quantitative estimate of drug-likeness (QED) is 0.440. The lowest BCUT2D eigenvalue weighted by Gasteiger charge is -2.17. The molecule has 0 aromatic carbocycles. The van der Waals surface area contributed by atoms with Crippen molar-refractivity contribution in [1.29, 1.82) is 0 Å². The highest BCUT2D eigenvalue weighted by atomic mass is 16.6. The van der Waals surface area contributed by atoms with Crippen LogP contribution >= 0.6 is 0 Å². The van der Waals surface area contributed by atoms with Crippen LogP contribution in [0.5, 0.6) is 0 Å². The molecule has 0 aliphatic carbocycles. The van der Waals surface area contributed by atoms with Gasteiger partial charge in [-0.1, -0.05) is 6.92 Å². The first kappa shape index (κ1) is 13.0. The largest absolute Gasteiger partial charge is 0.504 e. The molecule has 1 saturated heterocycles. The second-order valence-electron chi connectivity index (χ2n) is 3.68. The number of hydrogen-bond donors (Lipinski definition) is 1. The van der Waals surface area contributed by atoms with Crippen LogP contribution in [0.4, 0.5) is 0 Å². The summed E-state index contributed by atoms with van der Waals surface area (Å²) in [4.78, 5) is 11.5. The highest BCUT2D eigenvalue weighted by Crippen LogP contribution is 2.33. The van der Waals surface area contributed by atoms with E-state index in [-0.39, 0.29) is 12.0 Å². The number of methoxy groups -OCH3 is 2. The molecule has 1 heterocycles. The van der Waals surface area contributed by atoms with Crippen LogP contribution in [0.15, 0.2) is 11.8 Å². The zero-order valence-electron chi connectivity index (χ0n) is 9.80. The minimum Gasteiger partial charge on any atom is -0.504 e. The molecule has 0 aromatic heterocycles. The molecule has 92 valence electrons. The molecular formula is C11H18O5. The molecule has 1 aliphatic rings. The standard InChI is InChI=1S/C11H18O5/c1-4-9-7(5-10(12)16-9)8(6-14-2)11(13)15-3/h6-7,9-10,12H,4-5H2,1-3H3/b8-6-/t7-,9-,10?/m1/s1. The zero-order valence-corrected chi connectivity index (χ0v) is 9.80. The number of carbonyl (C=O) groups excluding carboxylic acids is 1. The summed E-state index contributed by atoms with van der Waals surface area (Å²) in [5, 5.41) is 9.43. The minimum absolute atomic E-state index is 0.171. The predicted molar refractivity (Wildman–Crippen MR) is 56.4 cm³/mol. The summed E-state index contributed by atoms with van der Waals surface area (Å²) in [7, 11) is 2.79. The highest BCUT2D eigenvalue weighted by molar-refractivity contribution is 5.88. The molecule has 1 rings (SSSR count). The summed E-state index contributed by atoms with van der Waals surface area (Å²) in [6, 6.07) is 0. The van der Waals surface area contributed by atoms with E-state index in [0.29, 0.717) is 12.0 Å². The Morgan fingerprint density at radius 1 is 1.56 bits per heavy atom. The lowest BCUT2D eigenvalue weighted by molar-refractivity contribution is -0.137. The van der Waals surface area contributed by atoms with Crippen LogP contribution in [-0.4, -0.2) is 37.7 Å². The summed E-state index contributed by atoms with van der Waals surface area (Å²) in [5.74, 6) is -0.615. The van der Waals surface area contributed by atoms with Crippen LogP contribution in [0.3, 0.4) is 0 Å². The topological polar surface area (TPSA) is 65.0 Å². The van der Waals surface area contributed by atoms with Crippen molar-refractivity contribution in [1.82, 2.24) is 0 Å². The van der Waals surface area contributed by atoms with E-state index >= 15 is 0 Å². The van der Waals surface area contributed by atoms with E-state index in [4.69, 9.17) is 9.47 Å². The van der Waals surface area contributed by atoms with Crippen LogP contribution in [-0.2, 0) is 19.0 Å². The maximum Gasteiger partial charge on any atom is 0.337 e. The SMILES string of the molecule is CC[C@H]1OC(O)C[C@@H]1/C(=C/OC)C(=O)OC. The molecule has 5 heteroatoms. The Morgan fingerprint density at radius 2 is 2.25 bits per heavy atom. The Kier molecular flexibility index (Phi) is 4.76. The van der Waals surface area contributed by atoms with E-state index in [1.807, 2.05) is 6.92 Å². The van der Waals surface area contributed by atoms with Gasteiger partial charge >= 0.3 is 5.97 Å². The van der Waals surface area contributed by atoms with E-state index in [1.54, 1.807) is 0 Å². The third-order valence-corrected chi connectivity index (χ3v) is 2.70. The van der Waals surface area contributed by atoms with Gasteiger partial charge in [-0.15, -0.1) is 0 Å². The third kappa shape index (κ3) is 2.74. The van der Waals surface area contributed by atoms with Gasteiger partial charge in [0.25, 0.3) is 0 Å². The Bertz CT molecular complexity index is 274. The first-order valence-corrected chi connectivity index (χ1v) is 5.28. The molecular weight excluding hydrogens is 212 g/mol. The molecule has 16 heavy (non-hydrogen) atoms. The summed E-state index contributed by atoms with van der Waals surface area (Å²) in [6.07, 6.45) is 1.48. The molecule has 0 aromatic rings. The van der Waals surface area contributed by atoms with Crippen molar-refractivity contribution in [3.05, 3.63) is 11.8 Å². The number of carbonyl (C=O) groups is 1. The molecule has 0 saturated carbocycles. The highest BCUT2D eigenvalue weighted by Gasteiger charge is 2.38. The van der Waals surface area contributed by atoms with Crippen LogP contribution < -0.4 is 0 Å². The van der Waals surface area contributed by atoms with Gasteiger partial charge < -0.3 is 19.3 Å². The van der Waals surface area contributed by atoms with Gasteiger partial charge in [-0.25, -0.2) is 4.79 Å². The number of aliphatic hydroxyl groups excluding tert-OH is 1. The van der Waals surface area contributed by atoms with Crippen LogP contribution in [0.1, 0.15) is 19.8 Å². The van der Waals surface area contributed by atoms with Gasteiger partial charge in [-0.3, -0.25) is 0 Å². The number of hydrogen-bond acceptors (Lipinski definition) is 5.